The molecule has 1 heterocycles. The Morgan fingerprint density at radius 3 is 1.41 bits per heavy atom. The van der Waals surface area contributed by atoms with E-state index in [9.17, 15) is 34.8 Å². The molecule has 63 heavy (non-hydrogen) atoms. The van der Waals surface area contributed by atoms with E-state index in [0.29, 0.717) is 12.8 Å². The van der Waals surface area contributed by atoms with Crippen molar-refractivity contribution >= 4 is 17.9 Å². The summed E-state index contributed by atoms with van der Waals surface area (Å²) in [5.74, 6) is -2.44. The van der Waals surface area contributed by atoms with E-state index < -0.39 is 54.7 Å². The molecule has 4 N–H and O–H groups in total. The third-order valence-electron chi connectivity index (χ3n) is 11.8. The molecule has 1 saturated heterocycles. The molecular formula is C52H92O11. The Morgan fingerprint density at radius 1 is 0.508 bits per heavy atom. The average molecular weight is 893 g/mol. The normalized spacial score (nSPS) is 19.7. The zero-order valence-electron chi connectivity index (χ0n) is 39.8. The number of allylic oxidation sites excluding steroid dienone is 6. The van der Waals surface area contributed by atoms with Crippen LogP contribution in [0.3, 0.4) is 0 Å². The van der Waals surface area contributed by atoms with E-state index in [4.69, 9.17) is 18.9 Å². The average Bonchev–Trinajstić information content (AvgIpc) is 3.27. The molecule has 0 amide bonds. The first-order chi connectivity index (χ1) is 30.7. The highest BCUT2D eigenvalue weighted by Crippen LogP contribution is 2.23. The summed E-state index contributed by atoms with van der Waals surface area (Å²) in [6, 6.07) is 0. The number of ether oxygens (including phenoxy) is 4. The Labute approximate surface area is 382 Å². The van der Waals surface area contributed by atoms with Crippen molar-refractivity contribution in [3.05, 3.63) is 36.5 Å². The molecule has 0 bridgehead atoms. The maximum absolute atomic E-state index is 12.8. The van der Waals surface area contributed by atoms with Gasteiger partial charge in [-0.05, 0) is 44.9 Å². The van der Waals surface area contributed by atoms with Crippen molar-refractivity contribution in [1.82, 2.24) is 0 Å². The van der Waals surface area contributed by atoms with Crippen LogP contribution >= 0.6 is 0 Å². The molecule has 6 atom stereocenters. The van der Waals surface area contributed by atoms with E-state index >= 15 is 0 Å². The van der Waals surface area contributed by atoms with Crippen LogP contribution in [0, 0.1) is 0 Å². The number of carboxylic acid groups (broad SMARTS) is 1. The minimum Gasteiger partial charge on any atom is -0.479 e. The summed E-state index contributed by atoms with van der Waals surface area (Å²) in [6.45, 7) is 3.73. The number of carbonyl (C=O) groups is 3. The number of carbonyl (C=O) groups excluding carboxylic acids is 2. The Kier molecular flexibility index (Phi) is 39.0. The summed E-state index contributed by atoms with van der Waals surface area (Å²) < 4.78 is 21.8. The fourth-order valence-electron chi connectivity index (χ4n) is 7.78. The van der Waals surface area contributed by atoms with Crippen LogP contribution < -0.4 is 0 Å². The second kappa shape index (κ2) is 42.1. The minimum absolute atomic E-state index is 0.184. The third-order valence-corrected chi connectivity index (χ3v) is 11.8. The topological polar surface area (TPSA) is 169 Å². The molecule has 366 valence electrons. The van der Waals surface area contributed by atoms with Crippen molar-refractivity contribution in [2.24, 2.45) is 0 Å². The van der Waals surface area contributed by atoms with Gasteiger partial charge in [0.05, 0.1) is 6.61 Å². The third kappa shape index (κ3) is 33.6. The number of carboxylic acids is 1. The van der Waals surface area contributed by atoms with Crippen LogP contribution in [-0.4, -0.2) is 88.4 Å². The number of hydrogen-bond donors (Lipinski definition) is 4. The highest BCUT2D eigenvalue weighted by atomic mass is 16.7. The summed E-state index contributed by atoms with van der Waals surface area (Å²) in [7, 11) is 0. The molecule has 0 saturated carbocycles. The molecule has 0 aromatic heterocycles. The highest BCUT2D eigenvalue weighted by Gasteiger charge is 2.47. The van der Waals surface area contributed by atoms with Gasteiger partial charge in [0, 0.05) is 12.8 Å². The molecule has 1 fully saturated rings. The van der Waals surface area contributed by atoms with Crippen molar-refractivity contribution in [2.75, 3.05) is 13.2 Å². The summed E-state index contributed by atoms with van der Waals surface area (Å²) in [4.78, 5) is 37.0. The highest BCUT2D eigenvalue weighted by molar-refractivity contribution is 5.73. The van der Waals surface area contributed by atoms with Gasteiger partial charge in [0.25, 0.3) is 0 Å². The number of rotatable bonds is 43. The van der Waals surface area contributed by atoms with Crippen molar-refractivity contribution in [2.45, 2.75) is 263 Å². The van der Waals surface area contributed by atoms with Gasteiger partial charge in [-0.3, -0.25) is 9.59 Å². The van der Waals surface area contributed by atoms with E-state index in [2.05, 4.69) is 50.3 Å². The van der Waals surface area contributed by atoms with Gasteiger partial charge in [0.1, 0.15) is 24.9 Å². The van der Waals surface area contributed by atoms with Gasteiger partial charge in [0.15, 0.2) is 18.5 Å². The molecule has 1 aliphatic rings. The number of aliphatic hydroxyl groups excluding tert-OH is 3. The lowest BCUT2D eigenvalue weighted by Crippen LogP contribution is -2.60. The van der Waals surface area contributed by atoms with Crippen molar-refractivity contribution in [3.8, 4) is 0 Å². The second-order valence-electron chi connectivity index (χ2n) is 17.6. The van der Waals surface area contributed by atoms with Crippen LogP contribution in [0.5, 0.6) is 0 Å². The summed E-state index contributed by atoms with van der Waals surface area (Å²) in [5.41, 5.74) is 0. The van der Waals surface area contributed by atoms with Gasteiger partial charge in [-0.25, -0.2) is 4.79 Å². The first kappa shape index (κ1) is 58.4. The van der Waals surface area contributed by atoms with Crippen LogP contribution in [0.2, 0.25) is 0 Å². The van der Waals surface area contributed by atoms with Crippen molar-refractivity contribution in [3.63, 3.8) is 0 Å². The number of aliphatic carboxylic acids is 1. The number of hydrogen-bond acceptors (Lipinski definition) is 10. The largest absolute Gasteiger partial charge is 0.479 e. The maximum Gasteiger partial charge on any atom is 0.335 e. The first-order valence-electron chi connectivity index (χ1n) is 25.5. The molecule has 0 aliphatic carbocycles. The van der Waals surface area contributed by atoms with Gasteiger partial charge < -0.3 is 39.4 Å². The van der Waals surface area contributed by atoms with Gasteiger partial charge in [-0.15, -0.1) is 0 Å². The number of aliphatic hydroxyl groups is 3. The SMILES string of the molecule is CC/C=C\C/C=C\C/C=C\CCCCCCCCCC(=O)OCC(COC1OC(C(=O)O)C(O)C(O)C1O)OC(=O)CCCCCCCCCCCCCCCCCCCCCC. The van der Waals surface area contributed by atoms with Crippen molar-refractivity contribution in [1.29, 1.82) is 0 Å². The zero-order valence-corrected chi connectivity index (χ0v) is 39.8. The lowest BCUT2D eigenvalue weighted by molar-refractivity contribution is -0.298. The predicted octanol–water partition coefficient (Wildman–Crippen LogP) is 11.9. The van der Waals surface area contributed by atoms with Crippen LogP contribution in [0.25, 0.3) is 0 Å². The molecule has 1 aliphatic heterocycles. The molecule has 0 aromatic carbocycles. The van der Waals surface area contributed by atoms with Crippen LogP contribution in [0.15, 0.2) is 36.5 Å². The molecule has 6 unspecified atom stereocenters. The van der Waals surface area contributed by atoms with Crippen LogP contribution in [0.4, 0.5) is 0 Å². The van der Waals surface area contributed by atoms with E-state index in [1.165, 1.54) is 116 Å². The minimum atomic E-state index is -1.86. The van der Waals surface area contributed by atoms with Gasteiger partial charge in [-0.2, -0.15) is 0 Å². The van der Waals surface area contributed by atoms with Crippen LogP contribution in [0.1, 0.15) is 226 Å². The second-order valence-corrected chi connectivity index (χ2v) is 17.6. The standard InChI is InChI=1S/C52H92O11/c1-3-5-7-9-11-13-15-17-19-21-22-23-25-27-29-31-33-35-37-39-41-46(54)62-44(43-61-52-49(57)47(55)48(56)50(63-52)51(58)59)42-60-45(53)40-38-36-34-32-30-28-26-24-20-18-16-14-12-10-8-6-4-2/h6,8,12,14,18,20,44,47-50,52,55-57H,3-5,7,9-11,13,15-17,19,21-43H2,1-2H3,(H,58,59)/b8-6-,14-12-,20-18-. The smallest absolute Gasteiger partial charge is 0.335 e. The van der Waals surface area contributed by atoms with E-state index in [1.807, 2.05) is 0 Å². The zero-order chi connectivity index (χ0) is 46.0. The van der Waals surface area contributed by atoms with Gasteiger partial charge >= 0.3 is 17.9 Å². The molecule has 0 spiro atoms. The Bertz CT molecular complexity index is 1190. The quantitative estimate of drug-likeness (QED) is 0.0261. The van der Waals surface area contributed by atoms with Gasteiger partial charge in [-0.1, -0.05) is 204 Å². The molecule has 0 radical (unpaired) electrons. The monoisotopic (exact) mass is 893 g/mol. The summed E-state index contributed by atoms with van der Waals surface area (Å²) in [6.07, 6.45) is 40.5. The van der Waals surface area contributed by atoms with Crippen LogP contribution in [-0.2, 0) is 33.3 Å². The summed E-state index contributed by atoms with van der Waals surface area (Å²) >= 11 is 0. The molecule has 11 heteroatoms. The van der Waals surface area contributed by atoms with Crippen molar-refractivity contribution < 1.29 is 53.8 Å². The molecular weight excluding hydrogens is 801 g/mol. The summed E-state index contributed by atoms with van der Waals surface area (Å²) in [5, 5.41) is 39.9. The van der Waals surface area contributed by atoms with Gasteiger partial charge in [0.2, 0.25) is 0 Å². The van der Waals surface area contributed by atoms with E-state index in [0.717, 1.165) is 70.6 Å². The fourth-order valence-corrected chi connectivity index (χ4v) is 7.78. The molecule has 0 aromatic rings. The molecule has 11 nitrogen and oxygen atoms in total. The Balaban J connectivity index is 2.30. The maximum atomic E-state index is 12.8. The number of unbranched alkanes of at least 4 members (excludes halogenated alkanes) is 26. The lowest BCUT2D eigenvalue weighted by Gasteiger charge is -2.38. The predicted molar refractivity (Wildman–Crippen MR) is 252 cm³/mol. The molecule has 1 rings (SSSR count). The van der Waals surface area contributed by atoms with E-state index in [-0.39, 0.29) is 26.1 Å². The Hall–Kier alpha value is -2.57. The lowest BCUT2D eigenvalue weighted by atomic mass is 9.99. The van der Waals surface area contributed by atoms with E-state index in [1.54, 1.807) is 0 Å². The first-order valence-corrected chi connectivity index (χ1v) is 25.5. The Morgan fingerprint density at radius 2 is 0.937 bits per heavy atom. The fraction of sp³-hybridized carbons (Fsp3) is 0.827. The number of esters is 2.